The third kappa shape index (κ3) is 3.92. The standard InChI is InChI=1S/C23H22N4O3S/c1-29-16-10-8-15(9-11-16)21-18(14-24-13-17-5-4-12-30-17)22(28)27(26-21)23-25-19-6-2-3-7-20(19)31-23/h2-3,6-11,14,17,26H,4-5,12-13H2,1H3/t17-/m0/s1. The number of rotatable bonds is 6. The molecule has 0 spiro atoms. The molecule has 3 heterocycles. The molecule has 0 saturated carbocycles. The van der Waals surface area contributed by atoms with E-state index in [0.717, 1.165) is 41.0 Å². The molecule has 1 aliphatic heterocycles. The van der Waals surface area contributed by atoms with Crippen molar-refractivity contribution in [2.45, 2.75) is 18.9 Å². The summed E-state index contributed by atoms with van der Waals surface area (Å²) < 4.78 is 13.4. The minimum atomic E-state index is -0.180. The van der Waals surface area contributed by atoms with Gasteiger partial charge in [0.25, 0.3) is 5.56 Å². The lowest BCUT2D eigenvalue weighted by Crippen LogP contribution is -2.17. The number of ether oxygens (including phenoxy) is 2. The van der Waals surface area contributed by atoms with E-state index < -0.39 is 0 Å². The number of aromatic nitrogens is 3. The summed E-state index contributed by atoms with van der Waals surface area (Å²) in [6.07, 6.45) is 3.85. The number of hydrogen-bond donors (Lipinski definition) is 1. The SMILES string of the molecule is COc1ccc(-c2[nH]n(-c3nc4ccccc4s3)c(=O)c2C=NC[C@@H]2CCCO2)cc1. The molecule has 1 N–H and O–H groups in total. The molecule has 31 heavy (non-hydrogen) atoms. The van der Waals surface area contributed by atoms with Crippen LogP contribution in [0, 0.1) is 0 Å². The van der Waals surface area contributed by atoms with Gasteiger partial charge in [-0.05, 0) is 49.2 Å². The molecule has 1 saturated heterocycles. The monoisotopic (exact) mass is 434 g/mol. The number of nitrogens with one attached hydrogen (secondary N) is 1. The molecule has 1 fully saturated rings. The Morgan fingerprint density at radius 3 is 2.87 bits per heavy atom. The molecule has 0 radical (unpaired) electrons. The zero-order valence-corrected chi connectivity index (χ0v) is 17.9. The Labute approximate surface area is 183 Å². The number of fused-ring (bicyclic) bond motifs is 1. The molecule has 5 rings (SSSR count). The first-order chi connectivity index (χ1) is 15.2. The van der Waals surface area contributed by atoms with E-state index in [-0.39, 0.29) is 11.7 Å². The van der Waals surface area contributed by atoms with Crippen LogP contribution in [0.2, 0.25) is 0 Å². The number of aromatic amines is 1. The van der Waals surface area contributed by atoms with Gasteiger partial charge in [0.2, 0.25) is 5.13 Å². The van der Waals surface area contributed by atoms with Crippen LogP contribution in [0.1, 0.15) is 18.4 Å². The molecule has 0 unspecified atom stereocenters. The zero-order valence-electron chi connectivity index (χ0n) is 17.1. The van der Waals surface area contributed by atoms with Gasteiger partial charge in [-0.15, -0.1) is 0 Å². The lowest BCUT2D eigenvalue weighted by Gasteiger charge is -2.04. The summed E-state index contributed by atoms with van der Waals surface area (Å²) in [7, 11) is 1.63. The van der Waals surface area contributed by atoms with Crippen LogP contribution in [0.15, 0.2) is 58.3 Å². The number of hydrogen-bond acceptors (Lipinski definition) is 6. The van der Waals surface area contributed by atoms with E-state index in [2.05, 4.69) is 15.1 Å². The van der Waals surface area contributed by atoms with E-state index >= 15 is 0 Å². The summed E-state index contributed by atoms with van der Waals surface area (Å²) >= 11 is 1.47. The van der Waals surface area contributed by atoms with E-state index in [4.69, 9.17) is 9.47 Å². The third-order valence-corrected chi connectivity index (χ3v) is 6.35. The van der Waals surface area contributed by atoms with Gasteiger partial charge in [0.15, 0.2) is 0 Å². The normalized spacial score (nSPS) is 16.5. The molecular formula is C23H22N4O3S. The predicted molar refractivity (Wildman–Crippen MR) is 123 cm³/mol. The van der Waals surface area contributed by atoms with E-state index in [1.165, 1.54) is 16.0 Å². The van der Waals surface area contributed by atoms with Crippen molar-refractivity contribution < 1.29 is 9.47 Å². The van der Waals surface area contributed by atoms with E-state index in [1.54, 1.807) is 13.3 Å². The van der Waals surface area contributed by atoms with Crippen LogP contribution in [0.25, 0.3) is 26.6 Å². The average molecular weight is 435 g/mol. The van der Waals surface area contributed by atoms with Gasteiger partial charge in [-0.25, -0.2) is 4.98 Å². The van der Waals surface area contributed by atoms with Gasteiger partial charge >= 0.3 is 0 Å². The predicted octanol–water partition coefficient (Wildman–Crippen LogP) is 4.05. The second-order valence-corrected chi connectivity index (χ2v) is 8.37. The van der Waals surface area contributed by atoms with Crippen molar-refractivity contribution >= 4 is 27.8 Å². The van der Waals surface area contributed by atoms with Gasteiger partial charge in [-0.2, -0.15) is 4.68 Å². The number of nitrogens with zero attached hydrogens (tertiary/aromatic N) is 3. The van der Waals surface area contributed by atoms with Crippen LogP contribution in [0.5, 0.6) is 5.75 Å². The van der Waals surface area contributed by atoms with Gasteiger partial charge in [0, 0.05) is 18.4 Å². The molecule has 1 aliphatic rings. The molecule has 4 aromatic rings. The summed E-state index contributed by atoms with van der Waals surface area (Å²) in [4.78, 5) is 22.5. The minimum absolute atomic E-state index is 0.131. The van der Waals surface area contributed by atoms with Crippen LogP contribution in [0.4, 0.5) is 0 Å². The van der Waals surface area contributed by atoms with Gasteiger partial charge < -0.3 is 9.47 Å². The maximum absolute atomic E-state index is 13.3. The summed E-state index contributed by atoms with van der Waals surface area (Å²) in [5.41, 5.74) is 2.76. The van der Waals surface area contributed by atoms with Crippen LogP contribution in [-0.2, 0) is 4.74 Å². The molecule has 158 valence electrons. The number of benzene rings is 2. The molecule has 0 amide bonds. The van der Waals surface area contributed by atoms with Crippen molar-refractivity contribution in [2.24, 2.45) is 4.99 Å². The van der Waals surface area contributed by atoms with Gasteiger partial charge in [-0.3, -0.25) is 14.9 Å². The molecular weight excluding hydrogens is 412 g/mol. The lowest BCUT2D eigenvalue weighted by molar-refractivity contribution is 0.118. The Bertz CT molecular complexity index is 1250. The summed E-state index contributed by atoms with van der Waals surface area (Å²) in [6.45, 7) is 1.33. The lowest BCUT2D eigenvalue weighted by atomic mass is 10.1. The van der Waals surface area contributed by atoms with Gasteiger partial charge in [0.05, 0.1) is 41.2 Å². The zero-order chi connectivity index (χ0) is 21.2. The number of H-pyrrole nitrogens is 1. The molecule has 2 aromatic carbocycles. The maximum atomic E-state index is 13.3. The Morgan fingerprint density at radius 1 is 1.29 bits per heavy atom. The highest BCUT2D eigenvalue weighted by Crippen LogP contribution is 2.26. The third-order valence-electron chi connectivity index (χ3n) is 5.33. The molecule has 8 heteroatoms. The summed E-state index contributed by atoms with van der Waals surface area (Å²) in [5.74, 6) is 0.755. The molecule has 0 bridgehead atoms. The van der Waals surface area contributed by atoms with Gasteiger partial charge in [0.1, 0.15) is 5.75 Å². The molecule has 0 aliphatic carbocycles. The van der Waals surface area contributed by atoms with Crippen molar-refractivity contribution in [1.82, 2.24) is 14.8 Å². The van der Waals surface area contributed by atoms with Crippen LogP contribution >= 0.6 is 11.3 Å². The topological polar surface area (TPSA) is 81.5 Å². The Balaban J connectivity index is 1.57. The second-order valence-electron chi connectivity index (χ2n) is 7.36. The van der Waals surface area contributed by atoms with E-state index in [9.17, 15) is 4.79 Å². The van der Waals surface area contributed by atoms with Crippen LogP contribution in [0.3, 0.4) is 0 Å². The molecule has 1 atom stereocenters. The highest BCUT2D eigenvalue weighted by molar-refractivity contribution is 7.20. The number of para-hydroxylation sites is 1. The van der Waals surface area contributed by atoms with Crippen LogP contribution < -0.4 is 10.3 Å². The number of thiazole rings is 1. The first kappa shape index (κ1) is 19.7. The van der Waals surface area contributed by atoms with E-state index in [0.29, 0.717) is 22.9 Å². The number of methoxy groups -OCH3 is 1. The first-order valence-corrected chi connectivity index (χ1v) is 11.0. The number of aliphatic imine (C=N–C) groups is 1. The van der Waals surface area contributed by atoms with E-state index in [1.807, 2.05) is 48.5 Å². The van der Waals surface area contributed by atoms with Crippen LogP contribution in [-0.4, -0.2) is 47.3 Å². The second kappa shape index (κ2) is 8.49. The van der Waals surface area contributed by atoms with Crippen molar-refractivity contribution in [1.29, 1.82) is 0 Å². The van der Waals surface area contributed by atoms with Gasteiger partial charge in [-0.1, -0.05) is 23.5 Å². The fourth-order valence-electron chi connectivity index (χ4n) is 3.69. The average Bonchev–Trinajstić information content (AvgIpc) is 3.53. The molecule has 2 aromatic heterocycles. The highest BCUT2D eigenvalue weighted by atomic mass is 32.1. The van der Waals surface area contributed by atoms with Crippen molar-refractivity contribution in [3.05, 3.63) is 64.4 Å². The quantitative estimate of drug-likeness (QED) is 0.464. The molecule has 7 nitrogen and oxygen atoms in total. The summed E-state index contributed by atoms with van der Waals surface area (Å²) in [5, 5.41) is 3.85. The fourth-order valence-corrected chi connectivity index (χ4v) is 4.61. The Hall–Kier alpha value is -3.23. The van der Waals surface area contributed by atoms with Crippen molar-refractivity contribution in [2.75, 3.05) is 20.3 Å². The maximum Gasteiger partial charge on any atom is 0.282 e. The Kier molecular flexibility index (Phi) is 5.40. The minimum Gasteiger partial charge on any atom is -0.497 e. The fraction of sp³-hybridized carbons (Fsp3) is 0.261. The highest BCUT2D eigenvalue weighted by Gasteiger charge is 2.19. The van der Waals surface area contributed by atoms with Crippen molar-refractivity contribution in [3.8, 4) is 22.1 Å². The summed E-state index contributed by atoms with van der Waals surface area (Å²) in [6, 6.07) is 15.4. The smallest absolute Gasteiger partial charge is 0.282 e. The largest absolute Gasteiger partial charge is 0.497 e. The first-order valence-electron chi connectivity index (χ1n) is 10.2. The van der Waals surface area contributed by atoms with Crippen molar-refractivity contribution in [3.63, 3.8) is 0 Å². The Morgan fingerprint density at radius 2 is 2.13 bits per heavy atom.